The smallest absolute Gasteiger partial charge is 0.330 e. The number of esters is 1. The number of carbonyl (C=O) groups is 1. The van der Waals surface area contributed by atoms with Crippen molar-refractivity contribution in [3.63, 3.8) is 0 Å². The highest BCUT2D eigenvalue weighted by atomic mass is 16.6. The zero-order valence-corrected chi connectivity index (χ0v) is 8.19. The zero-order chi connectivity index (χ0) is 10.2. The second-order valence-electron chi connectivity index (χ2n) is 3.41. The Morgan fingerprint density at radius 3 is 3.21 bits per heavy atom. The van der Waals surface area contributed by atoms with Crippen molar-refractivity contribution in [2.75, 3.05) is 14.2 Å². The summed E-state index contributed by atoms with van der Waals surface area (Å²) in [5.74, 6) is -0.351. The minimum absolute atomic E-state index is 0.0992. The molecule has 0 N–H and O–H groups in total. The van der Waals surface area contributed by atoms with Crippen LogP contribution in [0.4, 0.5) is 0 Å². The fraction of sp³-hybridized carbons (Fsp3) is 0.500. The summed E-state index contributed by atoms with van der Waals surface area (Å²) in [5.41, 5.74) is 0.735. The maximum atomic E-state index is 10.9. The Bertz CT molecular complexity index is 321. The van der Waals surface area contributed by atoms with E-state index in [1.807, 2.05) is 6.08 Å². The number of nitrogens with zero attached hydrogens (tertiary/aromatic N) is 1. The molecule has 4 nitrogen and oxygen atoms in total. The van der Waals surface area contributed by atoms with E-state index in [2.05, 4.69) is 10.1 Å². The number of carbonyl (C=O) groups excluding carboxylic acids is 1. The van der Waals surface area contributed by atoms with Gasteiger partial charge in [-0.25, -0.2) is 4.79 Å². The van der Waals surface area contributed by atoms with Crippen LogP contribution in [0, 0.1) is 0 Å². The van der Waals surface area contributed by atoms with E-state index in [4.69, 9.17) is 4.74 Å². The van der Waals surface area contributed by atoms with Crippen molar-refractivity contribution in [3.8, 4) is 0 Å². The minimum Gasteiger partial charge on any atom is -0.690 e. The van der Waals surface area contributed by atoms with Crippen LogP contribution in [-0.4, -0.2) is 31.8 Å². The Hall–Kier alpha value is -1.29. The number of hydrogen-bond donors (Lipinski definition) is 0. The highest BCUT2D eigenvalue weighted by molar-refractivity contribution is 5.82. The first-order valence-corrected chi connectivity index (χ1v) is 4.46. The van der Waals surface area contributed by atoms with Crippen LogP contribution >= 0.6 is 0 Å². The predicted octanol–water partition coefficient (Wildman–Crippen LogP) is 1.14. The molecule has 2 aliphatic rings. The summed E-state index contributed by atoms with van der Waals surface area (Å²) >= 11 is 0. The quantitative estimate of drug-likeness (QED) is 0.384. The normalized spacial score (nSPS) is 33.9. The molecule has 2 atom stereocenters. The Morgan fingerprint density at radius 1 is 1.86 bits per heavy atom. The lowest BCUT2D eigenvalue weighted by molar-refractivity contribution is -0.134. The van der Waals surface area contributed by atoms with Gasteiger partial charge in [0.2, 0.25) is 0 Å². The summed E-state index contributed by atoms with van der Waals surface area (Å²) in [6.45, 7) is 0. The molecule has 0 spiro atoms. The van der Waals surface area contributed by atoms with Gasteiger partial charge in [0.1, 0.15) is 11.7 Å². The van der Waals surface area contributed by atoms with Gasteiger partial charge in [-0.3, -0.25) is 0 Å². The van der Waals surface area contributed by atoms with Gasteiger partial charge in [0.15, 0.2) is 0 Å². The Balaban J connectivity index is 1.97. The van der Waals surface area contributed by atoms with Gasteiger partial charge in [0.05, 0.1) is 7.11 Å². The van der Waals surface area contributed by atoms with Gasteiger partial charge in [-0.2, -0.15) is 5.70 Å². The predicted molar refractivity (Wildman–Crippen MR) is 50.7 cm³/mol. The number of methoxy groups -OCH3 is 1. The molecule has 0 aromatic rings. The molecule has 76 valence electrons. The molecule has 0 amide bonds. The first kappa shape index (κ1) is 9.27. The van der Waals surface area contributed by atoms with Crippen LogP contribution in [0.2, 0.25) is 0 Å². The molecular weight excluding hydrogens is 182 g/mol. The van der Waals surface area contributed by atoms with E-state index in [0.29, 0.717) is 0 Å². The van der Waals surface area contributed by atoms with E-state index in [1.165, 1.54) is 13.2 Å². The standard InChI is InChI=1S/C10H12NO3/c1-11-7-5-8-10(6-7,14-8)4-3-9(12)13-2/h3-5,8H,6H2,1-2H3/q-1. The van der Waals surface area contributed by atoms with Crippen LogP contribution in [-0.2, 0) is 14.3 Å². The van der Waals surface area contributed by atoms with Crippen molar-refractivity contribution < 1.29 is 14.3 Å². The molecule has 1 heterocycles. The fourth-order valence-corrected chi connectivity index (χ4v) is 1.66. The molecule has 0 radical (unpaired) electrons. The van der Waals surface area contributed by atoms with Gasteiger partial charge in [0.25, 0.3) is 0 Å². The molecular formula is C10H12NO3-. The first-order chi connectivity index (χ1) is 6.70. The topological polar surface area (TPSA) is 52.9 Å². The van der Waals surface area contributed by atoms with Crippen LogP contribution in [0.15, 0.2) is 23.9 Å². The third-order valence-electron chi connectivity index (χ3n) is 2.56. The lowest BCUT2D eigenvalue weighted by Crippen LogP contribution is -2.08. The highest BCUT2D eigenvalue weighted by Gasteiger charge is 2.55. The van der Waals surface area contributed by atoms with Crippen LogP contribution in [0.1, 0.15) is 6.42 Å². The summed E-state index contributed by atoms with van der Waals surface area (Å²) in [7, 11) is 3.11. The van der Waals surface area contributed by atoms with Crippen LogP contribution in [0.5, 0.6) is 0 Å². The maximum absolute atomic E-state index is 10.9. The molecule has 1 aliphatic heterocycles. The molecule has 0 saturated carbocycles. The SMILES string of the molecule is C[N-]C1=CC2OC2(C=CC(=O)OC)C1. The van der Waals surface area contributed by atoms with Gasteiger partial charge in [-0.05, 0) is 12.5 Å². The van der Waals surface area contributed by atoms with Gasteiger partial charge in [-0.15, -0.1) is 7.05 Å². The molecule has 1 saturated heterocycles. The fourth-order valence-electron chi connectivity index (χ4n) is 1.66. The van der Waals surface area contributed by atoms with Gasteiger partial charge in [0, 0.05) is 6.08 Å². The van der Waals surface area contributed by atoms with E-state index in [-0.39, 0.29) is 17.7 Å². The average molecular weight is 194 g/mol. The molecule has 0 bridgehead atoms. The summed E-state index contributed by atoms with van der Waals surface area (Å²) in [6, 6.07) is 0. The van der Waals surface area contributed by atoms with E-state index in [1.54, 1.807) is 13.1 Å². The Labute approximate surface area is 82.6 Å². The molecule has 2 unspecified atom stereocenters. The van der Waals surface area contributed by atoms with Crippen molar-refractivity contribution in [2.24, 2.45) is 0 Å². The number of hydrogen-bond acceptors (Lipinski definition) is 3. The molecule has 2 rings (SSSR count). The molecule has 4 heteroatoms. The maximum Gasteiger partial charge on any atom is 0.330 e. The average Bonchev–Trinajstić information content (AvgIpc) is 2.77. The summed E-state index contributed by atoms with van der Waals surface area (Å²) in [6.07, 6.45) is 6.01. The van der Waals surface area contributed by atoms with E-state index >= 15 is 0 Å². The molecule has 0 aromatic heterocycles. The monoisotopic (exact) mass is 194 g/mol. The third kappa shape index (κ3) is 1.42. The van der Waals surface area contributed by atoms with Crippen molar-refractivity contribution >= 4 is 5.97 Å². The number of rotatable bonds is 3. The number of fused-ring (bicyclic) bond motifs is 1. The second kappa shape index (κ2) is 3.13. The van der Waals surface area contributed by atoms with Crippen molar-refractivity contribution in [1.82, 2.24) is 0 Å². The second-order valence-corrected chi connectivity index (χ2v) is 3.41. The van der Waals surface area contributed by atoms with E-state index in [0.717, 1.165) is 12.1 Å². The number of ether oxygens (including phenoxy) is 2. The Morgan fingerprint density at radius 2 is 2.64 bits per heavy atom. The lowest BCUT2D eigenvalue weighted by atomic mass is 10.1. The Kier molecular flexibility index (Phi) is 2.07. The summed E-state index contributed by atoms with van der Waals surface area (Å²) in [5, 5.41) is 4.09. The summed E-state index contributed by atoms with van der Waals surface area (Å²) in [4.78, 5) is 10.9. The van der Waals surface area contributed by atoms with Gasteiger partial charge >= 0.3 is 5.97 Å². The van der Waals surface area contributed by atoms with Crippen LogP contribution in [0.25, 0.3) is 5.32 Å². The largest absolute Gasteiger partial charge is 0.690 e. The molecule has 0 aromatic carbocycles. The summed E-state index contributed by atoms with van der Waals surface area (Å²) < 4.78 is 9.94. The van der Waals surface area contributed by atoms with E-state index in [9.17, 15) is 4.79 Å². The zero-order valence-electron chi connectivity index (χ0n) is 8.19. The minimum atomic E-state index is -0.351. The van der Waals surface area contributed by atoms with Gasteiger partial charge in [-0.1, -0.05) is 6.08 Å². The van der Waals surface area contributed by atoms with E-state index < -0.39 is 0 Å². The number of epoxide rings is 1. The molecule has 1 fully saturated rings. The van der Waals surface area contributed by atoms with Crippen molar-refractivity contribution in [2.45, 2.75) is 18.1 Å². The highest BCUT2D eigenvalue weighted by Crippen LogP contribution is 2.50. The molecule has 1 aliphatic carbocycles. The lowest BCUT2D eigenvalue weighted by Gasteiger charge is -2.17. The first-order valence-electron chi connectivity index (χ1n) is 4.46. The van der Waals surface area contributed by atoms with Crippen molar-refractivity contribution in [1.29, 1.82) is 0 Å². The molecule has 14 heavy (non-hydrogen) atoms. The van der Waals surface area contributed by atoms with Crippen LogP contribution < -0.4 is 0 Å². The van der Waals surface area contributed by atoms with Gasteiger partial charge < -0.3 is 14.8 Å². The van der Waals surface area contributed by atoms with Crippen molar-refractivity contribution in [3.05, 3.63) is 29.2 Å². The third-order valence-corrected chi connectivity index (χ3v) is 2.56. The van der Waals surface area contributed by atoms with Crippen LogP contribution in [0.3, 0.4) is 0 Å².